The summed E-state index contributed by atoms with van der Waals surface area (Å²) in [5.74, 6) is 1.55. The van der Waals surface area contributed by atoms with E-state index in [0.29, 0.717) is 22.9 Å². The number of anilines is 3. The van der Waals surface area contributed by atoms with Gasteiger partial charge in [-0.2, -0.15) is 0 Å². The van der Waals surface area contributed by atoms with Gasteiger partial charge in [-0.15, -0.1) is 0 Å². The minimum absolute atomic E-state index is 0.226. The lowest BCUT2D eigenvalue weighted by Gasteiger charge is -2.14. The van der Waals surface area contributed by atoms with E-state index in [1.807, 2.05) is 38.1 Å². The van der Waals surface area contributed by atoms with Crippen LogP contribution in [0.15, 0.2) is 48.8 Å². The largest absolute Gasteiger partial charge is 0.493 e. The minimum Gasteiger partial charge on any atom is -0.493 e. The maximum Gasteiger partial charge on any atom is 0.255 e. The maximum atomic E-state index is 12.8. The predicted octanol–water partition coefficient (Wildman–Crippen LogP) is 4.36. The number of benzene rings is 2. The van der Waals surface area contributed by atoms with E-state index in [1.54, 1.807) is 32.4 Å². The van der Waals surface area contributed by atoms with Crippen LogP contribution in [-0.4, -0.2) is 30.1 Å². The zero-order valence-electron chi connectivity index (χ0n) is 16.9. The second kappa shape index (κ2) is 9.05. The van der Waals surface area contributed by atoms with Crippen LogP contribution in [0.4, 0.5) is 17.2 Å². The van der Waals surface area contributed by atoms with Crippen molar-refractivity contribution in [2.45, 2.75) is 20.3 Å². The lowest BCUT2D eigenvalue weighted by Crippen LogP contribution is -2.13. The van der Waals surface area contributed by atoms with Crippen LogP contribution < -0.4 is 20.1 Å². The molecule has 0 unspecified atom stereocenters. The molecule has 0 atom stereocenters. The summed E-state index contributed by atoms with van der Waals surface area (Å²) in [7, 11) is 3.10. The maximum absolute atomic E-state index is 12.8. The van der Waals surface area contributed by atoms with Gasteiger partial charge in [-0.05, 0) is 49.2 Å². The highest BCUT2D eigenvalue weighted by molar-refractivity contribution is 6.05. The van der Waals surface area contributed by atoms with E-state index in [0.717, 1.165) is 29.1 Å². The molecule has 0 fully saturated rings. The van der Waals surface area contributed by atoms with Gasteiger partial charge in [-0.25, -0.2) is 9.97 Å². The van der Waals surface area contributed by atoms with Crippen molar-refractivity contribution in [1.29, 1.82) is 0 Å². The molecule has 0 spiro atoms. The fourth-order valence-corrected chi connectivity index (χ4v) is 2.92. The Bertz CT molecular complexity index is 1020. The molecule has 1 heterocycles. The Hall–Kier alpha value is -3.61. The van der Waals surface area contributed by atoms with Gasteiger partial charge in [0.25, 0.3) is 5.91 Å². The molecule has 2 aromatic carbocycles. The van der Waals surface area contributed by atoms with E-state index in [-0.39, 0.29) is 5.91 Å². The van der Waals surface area contributed by atoms with Crippen LogP contribution in [0.1, 0.15) is 28.5 Å². The summed E-state index contributed by atoms with van der Waals surface area (Å²) >= 11 is 0. The highest BCUT2D eigenvalue weighted by atomic mass is 16.5. The van der Waals surface area contributed by atoms with Crippen molar-refractivity contribution in [1.82, 2.24) is 9.97 Å². The number of rotatable bonds is 7. The molecule has 0 saturated heterocycles. The summed E-state index contributed by atoms with van der Waals surface area (Å²) in [6.45, 7) is 3.95. The number of methoxy groups -OCH3 is 2. The summed E-state index contributed by atoms with van der Waals surface area (Å²) in [5, 5.41) is 6.24. The second-order valence-corrected chi connectivity index (χ2v) is 6.42. The summed E-state index contributed by atoms with van der Waals surface area (Å²) in [5.41, 5.74) is 3.94. The van der Waals surface area contributed by atoms with Gasteiger partial charge in [0.1, 0.15) is 12.1 Å². The summed E-state index contributed by atoms with van der Waals surface area (Å²) in [4.78, 5) is 21.1. The van der Waals surface area contributed by atoms with E-state index in [1.165, 1.54) is 6.33 Å². The molecule has 0 saturated carbocycles. The molecular formula is C22H24N4O3. The first-order valence-corrected chi connectivity index (χ1v) is 9.26. The van der Waals surface area contributed by atoms with Crippen LogP contribution in [0.25, 0.3) is 0 Å². The van der Waals surface area contributed by atoms with Crippen LogP contribution in [0.3, 0.4) is 0 Å². The van der Waals surface area contributed by atoms with E-state index >= 15 is 0 Å². The number of aryl methyl sites for hydroxylation is 2. The van der Waals surface area contributed by atoms with Gasteiger partial charge in [0.05, 0.1) is 14.2 Å². The molecule has 1 amide bonds. The number of hydrogen-bond donors (Lipinski definition) is 2. The van der Waals surface area contributed by atoms with Gasteiger partial charge in [0, 0.05) is 28.7 Å². The Morgan fingerprint density at radius 3 is 2.48 bits per heavy atom. The predicted molar refractivity (Wildman–Crippen MR) is 113 cm³/mol. The molecule has 7 nitrogen and oxygen atoms in total. The highest BCUT2D eigenvalue weighted by Crippen LogP contribution is 2.29. The summed E-state index contributed by atoms with van der Waals surface area (Å²) in [6, 6.07) is 12.8. The third-order valence-electron chi connectivity index (χ3n) is 4.46. The van der Waals surface area contributed by atoms with E-state index in [2.05, 4.69) is 20.6 Å². The van der Waals surface area contributed by atoms with E-state index in [9.17, 15) is 4.79 Å². The lowest BCUT2D eigenvalue weighted by molar-refractivity contribution is 0.102. The Kier molecular flexibility index (Phi) is 6.29. The number of hydrogen-bond acceptors (Lipinski definition) is 6. The van der Waals surface area contributed by atoms with Gasteiger partial charge >= 0.3 is 0 Å². The third kappa shape index (κ3) is 4.82. The van der Waals surface area contributed by atoms with Gasteiger partial charge in [0.15, 0.2) is 11.5 Å². The fourth-order valence-electron chi connectivity index (χ4n) is 2.92. The zero-order chi connectivity index (χ0) is 20.8. The Morgan fingerprint density at radius 2 is 1.79 bits per heavy atom. The molecule has 0 radical (unpaired) electrons. The Morgan fingerprint density at radius 1 is 1.00 bits per heavy atom. The fraction of sp³-hybridized carbons (Fsp3) is 0.227. The number of carbonyl (C=O) groups is 1. The average Bonchev–Trinajstić information content (AvgIpc) is 2.73. The SMILES string of the molecule is CCc1ccc(Nc2cc(C)ncn2)cc1NC(=O)c1ccc(OC)c(OC)c1. The highest BCUT2D eigenvalue weighted by Gasteiger charge is 2.13. The number of nitrogens with zero attached hydrogens (tertiary/aromatic N) is 2. The monoisotopic (exact) mass is 392 g/mol. The minimum atomic E-state index is -0.226. The van der Waals surface area contributed by atoms with Crippen molar-refractivity contribution in [2.75, 3.05) is 24.9 Å². The number of carbonyl (C=O) groups excluding carboxylic acids is 1. The third-order valence-corrected chi connectivity index (χ3v) is 4.46. The molecule has 0 bridgehead atoms. The number of aromatic nitrogens is 2. The summed E-state index contributed by atoms with van der Waals surface area (Å²) in [6.07, 6.45) is 2.30. The number of amides is 1. The van der Waals surface area contributed by atoms with Crippen molar-refractivity contribution in [3.8, 4) is 11.5 Å². The lowest BCUT2D eigenvalue weighted by atomic mass is 10.1. The van der Waals surface area contributed by atoms with Gasteiger partial charge in [-0.3, -0.25) is 4.79 Å². The molecule has 2 N–H and O–H groups in total. The van der Waals surface area contributed by atoms with Crippen LogP contribution in [0.5, 0.6) is 11.5 Å². The van der Waals surface area contributed by atoms with Crippen LogP contribution in [0, 0.1) is 6.92 Å². The van der Waals surface area contributed by atoms with E-state index in [4.69, 9.17) is 9.47 Å². The average molecular weight is 392 g/mol. The Balaban J connectivity index is 1.84. The molecule has 3 aromatic rings. The molecule has 7 heteroatoms. The smallest absolute Gasteiger partial charge is 0.255 e. The van der Waals surface area contributed by atoms with Gasteiger partial charge in [0.2, 0.25) is 0 Å². The molecule has 29 heavy (non-hydrogen) atoms. The van der Waals surface area contributed by atoms with Crippen molar-refractivity contribution in [3.05, 3.63) is 65.6 Å². The van der Waals surface area contributed by atoms with Crippen LogP contribution in [0.2, 0.25) is 0 Å². The molecule has 0 aliphatic carbocycles. The first-order chi connectivity index (χ1) is 14.0. The second-order valence-electron chi connectivity index (χ2n) is 6.42. The van der Waals surface area contributed by atoms with Gasteiger partial charge < -0.3 is 20.1 Å². The molecule has 1 aromatic heterocycles. The quantitative estimate of drug-likeness (QED) is 0.621. The standard InChI is InChI=1S/C22H24N4O3/c1-5-15-6-8-17(25-21-10-14(2)23-13-24-21)12-18(15)26-22(27)16-7-9-19(28-3)20(11-16)29-4/h6-13H,5H2,1-4H3,(H,26,27)(H,23,24,25). The van der Waals surface area contributed by atoms with Crippen LogP contribution >= 0.6 is 0 Å². The summed E-state index contributed by atoms with van der Waals surface area (Å²) < 4.78 is 10.5. The molecule has 0 aliphatic heterocycles. The van der Waals surface area contributed by atoms with Crippen LogP contribution in [-0.2, 0) is 6.42 Å². The molecule has 3 rings (SSSR count). The van der Waals surface area contributed by atoms with Crippen molar-refractivity contribution in [2.24, 2.45) is 0 Å². The van der Waals surface area contributed by atoms with Crippen molar-refractivity contribution >= 4 is 23.1 Å². The number of ether oxygens (including phenoxy) is 2. The molecule has 150 valence electrons. The molecule has 0 aliphatic rings. The number of nitrogens with one attached hydrogen (secondary N) is 2. The first-order valence-electron chi connectivity index (χ1n) is 9.26. The zero-order valence-corrected chi connectivity index (χ0v) is 16.9. The normalized spacial score (nSPS) is 10.3. The first kappa shape index (κ1) is 20.1. The molecular weight excluding hydrogens is 368 g/mol. The van der Waals surface area contributed by atoms with Crippen molar-refractivity contribution < 1.29 is 14.3 Å². The Labute approximate surface area is 170 Å². The topological polar surface area (TPSA) is 85.4 Å². The van der Waals surface area contributed by atoms with Crippen molar-refractivity contribution in [3.63, 3.8) is 0 Å². The van der Waals surface area contributed by atoms with Gasteiger partial charge in [-0.1, -0.05) is 13.0 Å². The van der Waals surface area contributed by atoms with E-state index < -0.39 is 0 Å².